The highest BCUT2D eigenvalue weighted by Gasteiger charge is 2.30. The summed E-state index contributed by atoms with van der Waals surface area (Å²) in [6, 6.07) is 3.88. The Labute approximate surface area is 120 Å². The van der Waals surface area contributed by atoms with E-state index >= 15 is 0 Å². The van der Waals surface area contributed by atoms with Crippen molar-refractivity contribution in [2.45, 2.75) is 12.6 Å². The van der Waals surface area contributed by atoms with E-state index in [1.807, 2.05) is 5.48 Å². The third-order valence-corrected chi connectivity index (χ3v) is 3.41. The second-order valence-electron chi connectivity index (χ2n) is 4.34. The zero-order valence-electron chi connectivity index (χ0n) is 11.1. The van der Waals surface area contributed by atoms with Gasteiger partial charge in [0.25, 0.3) is 5.91 Å². The molecule has 0 aliphatic heterocycles. The zero-order valence-corrected chi connectivity index (χ0v) is 11.9. The van der Waals surface area contributed by atoms with Gasteiger partial charge in [-0.2, -0.15) is 13.2 Å². The van der Waals surface area contributed by atoms with Gasteiger partial charge in [0.1, 0.15) is 9.84 Å². The molecule has 0 saturated carbocycles. The summed E-state index contributed by atoms with van der Waals surface area (Å²) >= 11 is 0. The van der Waals surface area contributed by atoms with Crippen LogP contribution in [0.1, 0.15) is 22.3 Å². The molecule has 1 amide bonds. The fourth-order valence-corrected chi connectivity index (χ4v) is 2.05. The molecule has 118 valence electrons. The van der Waals surface area contributed by atoms with E-state index in [0.29, 0.717) is 6.07 Å². The summed E-state index contributed by atoms with van der Waals surface area (Å²) in [4.78, 5) is 16.3. The fourth-order valence-electron chi connectivity index (χ4n) is 1.41. The first-order chi connectivity index (χ1) is 9.59. The standard InChI is InChI=1S/C12H14F3NO4S/c1-21(18,19)7-3-6-20-16-11(17)9-4-2-5-10(8-9)12(13,14)15/h2,4-5,8H,3,6-7H2,1H3,(H,16,17). The van der Waals surface area contributed by atoms with Gasteiger partial charge in [-0.1, -0.05) is 6.07 Å². The second-order valence-corrected chi connectivity index (χ2v) is 6.60. The van der Waals surface area contributed by atoms with Crippen LogP contribution in [0.3, 0.4) is 0 Å². The van der Waals surface area contributed by atoms with E-state index < -0.39 is 27.5 Å². The minimum Gasteiger partial charge on any atom is -0.273 e. The Balaban J connectivity index is 2.49. The molecule has 0 atom stereocenters. The zero-order chi connectivity index (χ0) is 16.1. The number of rotatable bonds is 6. The molecule has 0 aliphatic rings. The molecule has 0 spiro atoms. The lowest BCUT2D eigenvalue weighted by molar-refractivity contribution is -0.137. The fraction of sp³-hybridized carbons (Fsp3) is 0.417. The van der Waals surface area contributed by atoms with Crippen molar-refractivity contribution in [1.29, 1.82) is 0 Å². The summed E-state index contributed by atoms with van der Waals surface area (Å²) in [5.74, 6) is -0.938. The number of alkyl halides is 3. The molecule has 0 aromatic heterocycles. The van der Waals surface area contributed by atoms with Gasteiger partial charge in [0.05, 0.1) is 17.9 Å². The Morgan fingerprint density at radius 2 is 2.00 bits per heavy atom. The lowest BCUT2D eigenvalue weighted by Crippen LogP contribution is -2.25. The van der Waals surface area contributed by atoms with Crippen molar-refractivity contribution in [3.63, 3.8) is 0 Å². The van der Waals surface area contributed by atoms with Crippen LogP contribution < -0.4 is 5.48 Å². The Morgan fingerprint density at radius 1 is 1.33 bits per heavy atom. The highest BCUT2D eigenvalue weighted by molar-refractivity contribution is 7.90. The Hall–Kier alpha value is -1.61. The number of hydrogen-bond acceptors (Lipinski definition) is 4. The normalized spacial score (nSPS) is 12.2. The van der Waals surface area contributed by atoms with Crippen molar-refractivity contribution in [1.82, 2.24) is 5.48 Å². The topological polar surface area (TPSA) is 72.5 Å². The highest BCUT2D eigenvalue weighted by Crippen LogP contribution is 2.29. The summed E-state index contributed by atoms with van der Waals surface area (Å²) in [5.41, 5.74) is 0.824. The molecular formula is C12H14F3NO4S. The number of hydroxylamine groups is 1. The van der Waals surface area contributed by atoms with Crippen LogP contribution >= 0.6 is 0 Å². The molecule has 0 fully saturated rings. The number of carbonyl (C=O) groups is 1. The highest BCUT2D eigenvalue weighted by atomic mass is 32.2. The quantitative estimate of drug-likeness (QED) is 0.639. The third-order valence-electron chi connectivity index (χ3n) is 2.38. The molecule has 5 nitrogen and oxygen atoms in total. The van der Waals surface area contributed by atoms with Crippen LogP contribution in [0.15, 0.2) is 24.3 Å². The van der Waals surface area contributed by atoms with Gasteiger partial charge in [-0.25, -0.2) is 13.9 Å². The van der Waals surface area contributed by atoms with E-state index in [2.05, 4.69) is 0 Å². The maximum atomic E-state index is 12.5. The van der Waals surface area contributed by atoms with Crippen molar-refractivity contribution in [3.8, 4) is 0 Å². The summed E-state index contributed by atoms with van der Waals surface area (Å²) in [6.45, 7) is -0.0578. The van der Waals surface area contributed by atoms with E-state index in [1.165, 1.54) is 6.07 Å². The van der Waals surface area contributed by atoms with Gasteiger partial charge in [0.2, 0.25) is 0 Å². The van der Waals surface area contributed by atoms with Crippen molar-refractivity contribution in [2.75, 3.05) is 18.6 Å². The van der Waals surface area contributed by atoms with Crippen LogP contribution in [-0.4, -0.2) is 32.9 Å². The van der Waals surface area contributed by atoms with Crippen molar-refractivity contribution in [3.05, 3.63) is 35.4 Å². The first-order valence-corrected chi connectivity index (χ1v) is 7.93. The first kappa shape index (κ1) is 17.4. The lowest BCUT2D eigenvalue weighted by atomic mass is 10.1. The number of hydrogen-bond donors (Lipinski definition) is 1. The van der Waals surface area contributed by atoms with Gasteiger partial charge in [0.15, 0.2) is 0 Å². The predicted octanol–water partition coefficient (Wildman–Crippen LogP) is 1.80. The van der Waals surface area contributed by atoms with Crippen molar-refractivity contribution < 1.29 is 31.2 Å². The Bertz CT molecular complexity index is 599. The number of halogens is 3. The van der Waals surface area contributed by atoms with Crippen molar-refractivity contribution in [2.24, 2.45) is 0 Å². The molecular weight excluding hydrogens is 311 g/mol. The molecule has 0 bridgehead atoms. The molecule has 0 saturated heterocycles. The molecule has 0 aliphatic carbocycles. The minimum atomic E-state index is -4.54. The summed E-state index contributed by atoms with van der Waals surface area (Å²) in [5, 5.41) is 0. The van der Waals surface area contributed by atoms with Gasteiger partial charge in [-0.3, -0.25) is 9.63 Å². The Morgan fingerprint density at radius 3 is 2.57 bits per heavy atom. The SMILES string of the molecule is CS(=O)(=O)CCCONC(=O)c1cccc(C(F)(F)F)c1. The van der Waals surface area contributed by atoms with Gasteiger partial charge in [0, 0.05) is 11.8 Å². The third kappa shape index (κ3) is 6.58. The summed E-state index contributed by atoms with van der Waals surface area (Å²) in [6.07, 6.45) is -3.30. The van der Waals surface area contributed by atoms with E-state index in [9.17, 15) is 26.4 Å². The maximum Gasteiger partial charge on any atom is 0.416 e. The van der Waals surface area contributed by atoms with Gasteiger partial charge < -0.3 is 0 Å². The maximum absolute atomic E-state index is 12.5. The predicted molar refractivity (Wildman–Crippen MR) is 69.2 cm³/mol. The molecule has 21 heavy (non-hydrogen) atoms. The van der Waals surface area contributed by atoms with E-state index in [4.69, 9.17) is 4.84 Å². The molecule has 1 aromatic carbocycles. The minimum absolute atomic E-state index is 0.0578. The largest absolute Gasteiger partial charge is 0.416 e. The van der Waals surface area contributed by atoms with Gasteiger partial charge in [-0.15, -0.1) is 0 Å². The van der Waals surface area contributed by atoms with Gasteiger partial charge in [-0.05, 0) is 24.6 Å². The van der Waals surface area contributed by atoms with Crippen LogP contribution in [-0.2, 0) is 20.9 Å². The molecule has 0 heterocycles. The number of sulfone groups is 1. The average molecular weight is 325 g/mol. The Kier molecular flexibility index (Phi) is 5.73. The monoisotopic (exact) mass is 325 g/mol. The van der Waals surface area contributed by atoms with Crippen molar-refractivity contribution >= 4 is 15.7 Å². The van der Waals surface area contributed by atoms with Crippen LogP contribution in [0, 0.1) is 0 Å². The molecule has 1 aromatic rings. The summed E-state index contributed by atoms with van der Waals surface area (Å²) in [7, 11) is -3.12. The average Bonchev–Trinajstić information content (AvgIpc) is 2.36. The van der Waals surface area contributed by atoms with Crippen LogP contribution in [0.2, 0.25) is 0 Å². The molecule has 1 N–H and O–H groups in total. The first-order valence-electron chi connectivity index (χ1n) is 5.87. The van der Waals surface area contributed by atoms with Crippen LogP contribution in [0.25, 0.3) is 0 Å². The van der Waals surface area contributed by atoms with E-state index in [-0.39, 0.29) is 24.3 Å². The number of benzene rings is 1. The van der Waals surface area contributed by atoms with Gasteiger partial charge >= 0.3 is 6.18 Å². The molecule has 9 heteroatoms. The number of carbonyl (C=O) groups excluding carboxylic acids is 1. The number of nitrogens with one attached hydrogen (secondary N) is 1. The molecule has 0 unspecified atom stereocenters. The second kappa shape index (κ2) is 6.90. The van der Waals surface area contributed by atoms with E-state index in [0.717, 1.165) is 18.4 Å². The molecule has 0 radical (unpaired) electrons. The van der Waals surface area contributed by atoms with Crippen LogP contribution in [0.4, 0.5) is 13.2 Å². The van der Waals surface area contributed by atoms with E-state index in [1.54, 1.807) is 0 Å². The lowest BCUT2D eigenvalue weighted by Gasteiger charge is -2.09. The van der Waals surface area contributed by atoms with Crippen LogP contribution in [0.5, 0.6) is 0 Å². The summed E-state index contributed by atoms with van der Waals surface area (Å²) < 4.78 is 59.1. The number of amides is 1. The molecule has 1 rings (SSSR count). The smallest absolute Gasteiger partial charge is 0.273 e.